The summed E-state index contributed by atoms with van der Waals surface area (Å²) in [5.41, 5.74) is 0. The van der Waals surface area contributed by atoms with E-state index in [9.17, 15) is 4.79 Å². The normalized spacial score (nSPS) is 13.3. The molecule has 1 aliphatic rings. The summed E-state index contributed by atoms with van der Waals surface area (Å²) in [4.78, 5) is 9.70. The van der Waals surface area contributed by atoms with Gasteiger partial charge in [0.05, 0.1) is 0 Å². The molecule has 74 valence electrons. The highest BCUT2D eigenvalue weighted by Gasteiger charge is 1.93. The molecule has 1 rings (SSSR count). The maximum absolute atomic E-state index is 9.70. The van der Waals surface area contributed by atoms with E-state index in [1.807, 2.05) is 13.8 Å². The molecule has 0 saturated carbocycles. The first-order valence-electron chi connectivity index (χ1n) is 4.66. The van der Waals surface area contributed by atoms with E-state index < -0.39 is 0 Å². The van der Waals surface area contributed by atoms with E-state index in [4.69, 9.17) is 0 Å². The van der Waals surface area contributed by atoms with E-state index in [0.717, 1.165) is 0 Å². The minimum Gasteiger partial charge on any atom is -0.359 e. The van der Waals surface area contributed by atoms with Crippen molar-refractivity contribution in [3.05, 3.63) is 0 Å². The lowest BCUT2D eigenvalue weighted by Crippen LogP contribution is -2.11. The highest BCUT2D eigenvalue weighted by Crippen LogP contribution is 1.90. The summed E-state index contributed by atoms with van der Waals surface area (Å²) in [6, 6.07) is 0. The lowest BCUT2D eigenvalue weighted by Gasteiger charge is -1.80. The second-order valence-electron chi connectivity index (χ2n) is 2.26. The predicted octanol–water partition coefficient (Wildman–Crippen LogP) is 1.15. The molecule has 0 radical (unpaired) electrons. The summed E-state index contributed by atoms with van der Waals surface area (Å²) in [7, 11) is 1.60. The molecule has 12 heavy (non-hydrogen) atoms. The second kappa shape index (κ2) is 13.1. The first-order valence-corrected chi connectivity index (χ1v) is 4.66. The number of carbonyl (C=O) groups is 1. The summed E-state index contributed by atoms with van der Waals surface area (Å²) < 4.78 is 0. The van der Waals surface area contributed by atoms with Crippen LogP contribution in [0.15, 0.2) is 0 Å². The molecule has 1 amide bonds. The Hall–Kier alpha value is -0.570. The van der Waals surface area contributed by atoms with E-state index in [-0.39, 0.29) is 5.91 Å². The Balaban J connectivity index is 0. The predicted molar refractivity (Wildman–Crippen MR) is 53.2 cm³/mol. The van der Waals surface area contributed by atoms with Gasteiger partial charge in [-0.15, -0.1) is 0 Å². The maximum atomic E-state index is 9.70. The van der Waals surface area contributed by atoms with Crippen molar-refractivity contribution >= 4 is 5.91 Å². The summed E-state index contributed by atoms with van der Waals surface area (Å²) in [6.45, 7) is 7.97. The van der Waals surface area contributed by atoms with Gasteiger partial charge in [-0.2, -0.15) is 0 Å². The molecule has 2 N–H and O–H groups in total. The van der Waals surface area contributed by atoms with Crippen LogP contribution in [0.5, 0.6) is 0 Å². The summed E-state index contributed by atoms with van der Waals surface area (Å²) in [5.74, 6) is 0.00463. The number of hydrogen-bond donors (Lipinski definition) is 2. The van der Waals surface area contributed by atoms with Gasteiger partial charge in [-0.1, -0.05) is 13.8 Å². The Kier molecular flexibility index (Phi) is 15.2. The number of rotatable bonds is 0. The van der Waals surface area contributed by atoms with Crippen LogP contribution in [0.25, 0.3) is 0 Å². The summed E-state index contributed by atoms with van der Waals surface area (Å²) in [6.07, 6.45) is 2.78. The van der Waals surface area contributed by atoms with Gasteiger partial charge in [0.2, 0.25) is 5.91 Å². The van der Waals surface area contributed by atoms with Gasteiger partial charge in [-0.05, 0) is 25.9 Å². The van der Waals surface area contributed by atoms with Gasteiger partial charge in [0.25, 0.3) is 0 Å². The number of hydrogen-bond acceptors (Lipinski definition) is 2. The third-order valence-electron chi connectivity index (χ3n) is 1.31. The van der Waals surface area contributed by atoms with Crippen molar-refractivity contribution in [3.8, 4) is 0 Å². The molecule has 0 aromatic heterocycles. The Morgan fingerprint density at radius 3 is 1.67 bits per heavy atom. The van der Waals surface area contributed by atoms with Crippen molar-refractivity contribution in [2.24, 2.45) is 0 Å². The quantitative estimate of drug-likeness (QED) is 0.578. The Morgan fingerprint density at radius 2 is 1.58 bits per heavy atom. The van der Waals surface area contributed by atoms with Crippen molar-refractivity contribution in [1.82, 2.24) is 10.6 Å². The second-order valence-corrected chi connectivity index (χ2v) is 2.26. The van der Waals surface area contributed by atoms with Crippen molar-refractivity contribution in [3.63, 3.8) is 0 Å². The van der Waals surface area contributed by atoms with Gasteiger partial charge in [0, 0.05) is 14.0 Å². The van der Waals surface area contributed by atoms with E-state index in [0.29, 0.717) is 0 Å². The third-order valence-corrected chi connectivity index (χ3v) is 1.31. The molecule has 1 aliphatic heterocycles. The van der Waals surface area contributed by atoms with E-state index in [1.165, 1.54) is 32.9 Å². The molecule has 0 aromatic rings. The van der Waals surface area contributed by atoms with Crippen molar-refractivity contribution < 1.29 is 4.79 Å². The van der Waals surface area contributed by atoms with Crippen LogP contribution in [0.3, 0.4) is 0 Å². The monoisotopic (exact) mass is 174 g/mol. The number of nitrogens with one attached hydrogen (secondary N) is 2. The SMILES string of the molecule is C1CCNC1.CC.CNC(C)=O. The lowest BCUT2D eigenvalue weighted by molar-refractivity contribution is -0.118. The topological polar surface area (TPSA) is 41.1 Å². The van der Waals surface area contributed by atoms with E-state index >= 15 is 0 Å². The minimum atomic E-state index is 0.00463. The van der Waals surface area contributed by atoms with Crippen LogP contribution in [-0.4, -0.2) is 26.0 Å². The standard InChI is InChI=1S/C4H9N.C3H7NO.C2H6/c1-2-4-5-3-1;1-3(5)4-2;1-2/h5H,1-4H2;1-2H3,(H,4,5);1-2H3. The van der Waals surface area contributed by atoms with Crippen LogP contribution >= 0.6 is 0 Å². The van der Waals surface area contributed by atoms with Crippen LogP contribution < -0.4 is 10.6 Å². The number of carbonyl (C=O) groups excluding carboxylic acids is 1. The number of amides is 1. The fourth-order valence-corrected chi connectivity index (χ4v) is 0.625. The van der Waals surface area contributed by atoms with Gasteiger partial charge >= 0.3 is 0 Å². The fourth-order valence-electron chi connectivity index (χ4n) is 0.625. The summed E-state index contributed by atoms with van der Waals surface area (Å²) in [5, 5.41) is 5.61. The third kappa shape index (κ3) is 16.2. The average molecular weight is 174 g/mol. The molecular weight excluding hydrogens is 152 g/mol. The molecule has 1 fully saturated rings. The minimum absolute atomic E-state index is 0.00463. The molecular formula is C9H22N2O. The molecule has 0 unspecified atom stereocenters. The highest BCUT2D eigenvalue weighted by molar-refractivity contribution is 5.72. The lowest BCUT2D eigenvalue weighted by atomic mass is 10.4. The van der Waals surface area contributed by atoms with Gasteiger partial charge in [0.1, 0.15) is 0 Å². The molecule has 1 saturated heterocycles. The van der Waals surface area contributed by atoms with Crippen LogP contribution in [0, 0.1) is 0 Å². The maximum Gasteiger partial charge on any atom is 0.216 e. The molecule has 0 spiro atoms. The van der Waals surface area contributed by atoms with Crippen molar-refractivity contribution in [1.29, 1.82) is 0 Å². The van der Waals surface area contributed by atoms with Crippen molar-refractivity contribution in [2.75, 3.05) is 20.1 Å². The Labute approximate surface area is 75.9 Å². The zero-order chi connectivity index (χ0) is 9.82. The fraction of sp³-hybridized carbons (Fsp3) is 0.889. The van der Waals surface area contributed by atoms with Crippen molar-refractivity contribution in [2.45, 2.75) is 33.6 Å². The van der Waals surface area contributed by atoms with Crippen LogP contribution in [0.4, 0.5) is 0 Å². The molecule has 0 bridgehead atoms. The first kappa shape index (κ1) is 14.0. The van der Waals surface area contributed by atoms with Gasteiger partial charge in [0.15, 0.2) is 0 Å². The smallest absolute Gasteiger partial charge is 0.216 e. The largest absolute Gasteiger partial charge is 0.359 e. The van der Waals surface area contributed by atoms with Gasteiger partial charge < -0.3 is 10.6 Å². The molecule has 3 nitrogen and oxygen atoms in total. The Bertz CT molecular complexity index is 82.9. The van der Waals surface area contributed by atoms with Gasteiger partial charge in [-0.25, -0.2) is 0 Å². The Morgan fingerprint density at radius 1 is 1.25 bits per heavy atom. The molecule has 0 aromatic carbocycles. The summed E-state index contributed by atoms with van der Waals surface area (Å²) >= 11 is 0. The first-order chi connectivity index (χ1) is 5.77. The van der Waals surface area contributed by atoms with Crippen LogP contribution in [0.1, 0.15) is 33.6 Å². The van der Waals surface area contributed by atoms with Crippen LogP contribution in [-0.2, 0) is 4.79 Å². The molecule has 0 aliphatic carbocycles. The van der Waals surface area contributed by atoms with Crippen LogP contribution in [0.2, 0.25) is 0 Å². The zero-order valence-corrected chi connectivity index (χ0v) is 8.74. The van der Waals surface area contributed by atoms with E-state index in [2.05, 4.69) is 10.6 Å². The molecule has 3 heteroatoms. The zero-order valence-electron chi connectivity index (χ0n) is 8.74. The molecule has 1 heterocycles. The average Bonchev–Trinajstić information content (AvgIpc) is 2.65. The van der Waals surface area contributed by atoms with E-state index in [1.54, 1.807) is 7.05 Å². The molecule has 0 atom stereocenters. The van der Waals surface area contributed by atoms with Gasteiger partial charge in [-0.3, -0.25) is 4.79 Å². The highest BCUT2D eigenvalue weighted by atomic mass is 16.1.